The Kier molecular flexibility index (Phi) is 3.20. The van der Waals surface area contributed by atoms with Crippen molar-refractivity contribution in [1.82, 2.24) is 15.0 Å². The normalized spacial score (nSPS) is 10.1. The number of anilines is 1. The maximum atomic E-state index is 11.1. The van der Waals surface area contributed by atoms with E-state index in [1.807, 2.05) is 0 Å². The summed E-state index contributed by atoms with van der Waals surface area (Å²) in [5, 5.41) is 1.33. The molecule has 0 aliphatic carbocycles. The van der Waals surface area contributed by atoms with E-state index in [-0.39, 0.29) is 11.3 Å². The van der Waals surface area contributed by atoms with Crippen LogP contribution in [-0.2, 0) is 0 Å². The smallest absolute Gasteiger partial charge is 0.250 e. The summed E-state index contributed by atoms with van der Waals surface area (Å²) in [6.45, 7) is 0. The molecule has 0 atom stereocenters. The number of hydrogen-bond acceptors (Lipinski definition) is 6. The number of nitrogens with zero attached hydrogens (tertiary/aromatic N) is 3. The summed E-state index contributed by atoms with van der Waals surface area (Å²) in [7, 11) is 0. The molecule has 0 aliphatic rings. The molecule has 1 amide bonds. The van der Waals surface area contributed by atoms with Gasteiger partial charge in [0.1, 0.15) is 16.4 Å². The summed E-state index contributed by atoms with van der Waals surface area (Å²) >= 11 is 1.30. The summed E-state index contributed by atoms with van der Waals surface area (Å²) in [4.78, 5) is 23.0. The fraction of sp³-hybridized carbons (Fsp3) is 0. The van der Waals surface area contributed by atoms with E-state index in [0.717, 1.165) is 5.03 Å². The molecule has 4 N–H and O–H groups in total. The SMILES string of the molecule is NC(=O)c1cc(Sc2ccncn2)ncc1N. The van der Waals surface area contributed by atoms with Crippen LogP contribution in [0.2, 0.25) is 0 Å². The molecule has 0 spiro atoms. The van der Waals surface area contributed by atoms with Crippen molar-refractivity contribution in [2.75, 3.05) is 5.73 Å². The molecule has 17 heavy (non-hydrogen) atoms. The minimum atomic E-state index is -0.575. The van der Waals surface area contributed by atoms with E-state index in [1.54, 1.807) is 18.3 Å². The number of carbonyl (C=O) groups is 1. The number of rotatable bonds is 3. The van der Waals surface area contributed by atoms with Gasteiger partial charge < -0.3 is 11.5 Å². The average molecular weight is 247 g/mol. The quantitative estimate of drug-likeness (QED) is 0.773. The zero-order valence-electron chi connectivity index (χ0n) is 8.70. The third kappa shape index (κ3) is 2.70. The van der Waals surface area contributed by atoms with Crippen molar-refractivity contribution in [2.45, 2.75) is 10.1 Å². The molecule has 0 saturated heterocycles. The van der Waals surface area contributed by atoms with Gasteiger partial charge in [0.05, 0.1) is 17.4 Å². The Hall–Kier alpha value is -2.15. The molecule has 2 heterocycles. The lowest BCUT2D eigenvalue weighted by molar-refractivity contribution is 0.100. The maximum Gasteiger partial charge on any atom is 0.250 e. The molecule has 6 nitrogen and oxygen atoms in total. The number of nitrogens with two attached hydrogens (primary N) is 2. The maximum absolute atomic E-state index is 11.1. The average Bonchev–Trinajstić information content (AvgIpc) is 2.32. The first-order valence-corrected chi connectivity index (χ1v) is 5.47. The first-order chi connectivity index (χ1) is 8.16. The lowest BCUT2D eigenvalue weighted by Crippen LogP contribution is -2.13. The van der Waals surface area contributed by atoms with Gasteiger partial charge in [0.25, 0.3) is 5.91 Å². The van der Waals surface area contributed by atoms with E-state index in [2.05, 4.69) is 15.0 Å². The fourth-order valence-electron chi connectivity index (χ4n) is 1.16. The van der Waals surface area contributed by atoms with Crippen LogP contribution in [0.15, 0.2) is 40.9 Å². The van der Waals surface area contributed by atoms with Gasteiger partial charge >= 0.3 is 0 Å². The van der Waals surface area contributed by atoms with Gasteiger partial charge in [-0.25, -0.2) is 15.0 Å². The summed E-state index contributed by atoms with van der Waals surface area (Å²) in [5.41, 5.74) is 11.3. The standard InChI is InChI=1S/C10H9N5OS/c11-7-4-14-9(3-6(7)10(12)16)17-8-1-2-13-5-15-8/h1-5H,11H2,(H2,12,16). The van der Waals surface area contributed by atoms with E-state index in [9.17, 15) is 4.79 Å². The highest BCUT2D eigenvalue weighted by Crippen LogP contribution is 2.25. The van der Waals surface area contributed by atoms with E-state index in [4.69, 9.17) is 11.5 Å². The molecular weight excluding hydrogens is 238 g/mol. The van der Waals surface area contributed by atoms with Crippen molar-refractivity contribution in [3.63, 3.8) is 0 Å². The number of hydrogen-bond donors (Lipinski definition) is 2. The predicted molar refractivity (Wildman–Crippen MR) is 63.3 cm³/mol. The Labute approximate surface area is 101 Å². The van der Waals surface area contributed by atoms with Crippen LogP contribution in [0, 0.1) is 0 Å². The lowest BCUT2D eigenvalue weighted by atomic mass is 10.2. The van der Waals surface area contributed by atoms with Crippen LogP contribution < -0.4 is 11.5 Å². The molecular formula is C10H9N5OS. The number of amides is 1. The molecule has 0 fully saturated rings. The largest absolute Gasteiger partial charge is 0.397 e. The number of aromatic nitrogens is 3. The molecule has 0 radical (unpaired) electrons. The van der Waals surface area contributed by atoms with Crippen molar-refractivity contribution in [3.05, 3.63) is 36.4 Å². The van der Waals surface area contributed by atoms with Gasteiger partial charge in [-0.05, 0) is 23.9 Å². The summed E-state index contributed by atoms with van der Waals surface area (Å²) in [5.74, 6) is -0.575. The second-order valence-electron chi connectivity index (χ2n) is 3.12. The van der Waals surface area contributed by atoms with Gasteiger partial charge in [0, 0.05) is 6.20 Å². The topological polar surface area (TPSA) is 108 Å². The number of nitrogen functional groups attached to an aromatic ring is 1. The van der Waals surface area contributed by atoms with Gasteiger partial charge in [-0.3, -0.25) is 4.79 Å². The van der Waals surface area contributed by atoms with Crippen LogP contribution in [0.25, 0.3) is 0 Å². The summed E-state index contributed by atoms with van der Waals surface area (Å²) < 4.78 is 0. The highest BCUT2D eigenvalue weighted by atomic mass is 32.2. The molecule has 2 aromatic heterocycles. The Morgan fingerprint density at radius 2 is 2.12 bits per heavy atom. The molecule has 0 bridgehead atoms. The van der Waals surface area contributed by atoms with Gasteiger partial charge in [-0.15, -0.1) is 0 Å². The highest BCUT2D eigenvalue weighted by molar-refractivity contribution is 7.99. The second kappa shape index (κ2) is 4.79. The second-order valence-corrected chi connectivity index (χ2v) is 4.16. The monoisotopic (exact) mass is 247 g/mol. The summed E-state index contributed by atoms with van der Waals surface area (Å²) in [6, 6.07) is 3.29. The Morgan fingerprint density at radius 1 is 1.29 bits per heavy atom. The number of carbonyl (C=O) groups excluding carboxylic acids is 1. The van der Waals surface area contributed by atoms with E-state index < -0.39 is 5.91 Å². The zero-order chi connectivity index (χ0) is 12.3. The number of primary amides is 1. The van der Waals surface area contributed by atoms with Crippen molar-refractivity contribution in [3.8, 4) is 0 Å². The third-order valence-electron chi connectivity index (χ3n) is 1.94. The van der Waals surface area contributed by atoms with Gasteiger partial charge in [-0.1, -0.05) is 0 Å². The molecule has 7 heteroatoms. The van der Waals surface area contributed by atoms with Crippen molar-refractivity contribution >= 4 is 23.4 Å². The predicted octanol–water partition coefficient (Wildman–Crippen LogP) is 0.704. The third-order valence-corrected chi connectivity index (χ3v) is 2.82. The number of pyridine rings is 1. The van der Waals surface area contributed by atoms with Gasteiger partial charge in [0.2, 0.25) is 0 Å². The van der Waals surface area contributed by atoms with Crippen molar-refractivity contribution in [1.29, 1.82) is 0 Å². The Balaban J connectivity index is 2.29. The van der Waals surface area contributed by atoms with Gasteiger partial charge in [-0.2, -0.15) is 0 Å². The molecule has 2 rings (SSSR count). The van der Waals surface area contributed by atoms with Crippen molar-refractivity contribution < 1.29 is 4.79 Å². The Bertz CT molecular complexity index is 546. The zero-order valence-corrected chi connectivity index (χ0v) is 9.52. The first-order valence-electron chi connectivity index (χ1n) is 4.66. The highest BCUT2D eigenvalue weighted by Gasteiger charge is 2.09. The molecule has 0 unspecified atom stereocenters. The van der Waals surface area contributed by atoms with Crippen LogP contribution in [0.5, 0.6) is 0 Å². The Morgan fingerprint density at radius 3 is 2.76 bits per heavy atom. The molecule has 86 valence electrons. The minimum Gasteiger partial charge on any atom is -0.397 e. The van der Waals surface area contributed by atoms with Crippen molar-refractivity contribution in [2.24, 2.45) is 5.73 Å². The van der Waals surface area contributed by atoms with Crippen LogP contribution in [0.3, 0.4) is 0 Å². The first kappa shape index (κ1) is 11.3. The molecule has 2 aromatic rings. The van der Waals surface area contributed by atoms with Crippen LogP contribution >= 0.6 is 11.8 Å². The minimum absolute atomic E-state index is 0.261. The fourth-order valence-corrected chi connectivity index (χ4v) is 1.89. The summed E-state index contributed by atoms with van der Waals surface area (Å²) in [6.07, 6.45) is 4.47. The molecule has 0 aromatic carbocycles. The van der Waals surface area contributed by atoms with E-state index >= 15 is 0 Å². The van der Waals surface area contributed by atoms with Gasteiger partial charge in [0.15, 0.2) is 0 Å². The van der Waals surface area contributed by atoms with Crippen LogP contribution in [0.4, 0.5) is 5.69 Å². The lowest BCUT2D eigenvalue weighted by Gasteiger charge is -2.04. The van der Waals surface area contributed by atoms with Crippen LogP contribution in [-0.4, -0.2) is 20.9 Å². The van der Waals surface area contributed by atoms with E-state index in [1.165, 1.54) is 24.3 Å². The molecule has 0 aliphatic heterocycles. The van der Waals surface area contributed by atoms with Crippen LogP contribution in [0.1, 0.15) is 10.4 Å². The molecule has 0 saturated carbocycles. The van der Waals surface area contributed by atoms with E-state index in [0.29, 0.717) is 5.03 Å².